The van der Waals surface area contributed by atoms with Gasteiger partial charge in [-0.3, -0.25) is 14.4 Å². The number of amides is 2. The van der Waals surface area contributed by atoms with Crippen molar-refractivity contribution in [3.8, 4) is 0 Å². The zero-order chi connectivity index (χ0) is 32.6. The molecule has 0 spiro atoms. The van der Waals surface area contributed by atoms with E-state index >= 15 is 0 Å². The number of para-hydroxylation sites is 1. The molecule has 1 unspecified atom stereocenters. The molecule has 0 saturated carbocycles. The second kappa shape index (κ2) is 14.9. The minimum absolute atomic E-state index is 0.0102. The number of carbonyl (C=O) groups is 3. The van der Waals surface area contributed by atoms with Crippen LogP contribution in [0.3, 0.4) is 0 Å². The summed E-state index contributed by atoms with van der Waals surface area (Å²) in [4.78, 5) is 42.6. The Labute approximate surface area is 262 Å². The number of ether oxygens (including phenoxy) is 1. The summed E-state index contributed by atoms with van der Waals surface area (Å²) in [6.45, 7) is 7.11. The van der Waals surface area contributed by atoms with Crippen molar-refractivity contribution < 1.29 is 33.7 Å². The number of esters is 1. The van der Waals surface area contributed by atoms with Gasteiger partial charge >= 0.3 is 5.97 Å². The fourth-order valence-corrected chi connectivity index (χ4v) is 5.79. The number of aliphatic hydroxyl groups excluding tert-OH is 2. The average molecular weight is 615 g/mol. The number of hydrogen-bond donors (Lipinski definition) is 3. The minimum Gasteiger partial charge on any atom is -0.461 e. The van der Waals surface area contributed by atoms with E-state index in [2.05, 4.69) is 11.9 Å². The van der Waals surface area contributed by atoms with Gasteiger partial charge in [0.15, 0.2) is 5.41 Å². The molecule has 2 amide bonds. The number of hydrogen-bond acceptors (Lipinski definition) is 6. The lowest BCUT2D eigenvalue weighted by Crippen LogP contribution is -2.49. The largest absolute Gasteiger partial charge is 0.461 e. The molecular weight excluding hydrogens is 575 g/mol. The summed E-state index contributed by atoms with van der Waals surface area (Å²) < 4.78 is 19.0. The Hall–Kier alpha value is -4.60. The standard InChI is InChI=1S/C36H39FN2O6/c1-4-21-45-31(42)23-30(41)22-29(40)19-20-39-33(26-15-17-27(37)18-16-26)32(25-11-7-5-8-12-25)36(24(2)3,35(39)44)34(43)38-28-13-9-6-10-14-28/h4-18,24,29-30,40-41H,1,19-23H2,2-3H3,(H,38,43)/t29-,30-,36?/m1/s1. The van der Waals surface area contributed by atoms with Crippen LogP contribution < -0.4 is 5.32 Å². The first-order chi connectivity index (χ1) is 21.6. The van der Waals surface area contributed by atoms with E-state index < -0.39 is 47.1 Å². The molecule has 1 heterocycles. The van der Waals surface area contributed by atoms with Gasteiger partial charge in [0.1, 0.15) is 12.4 Å². The van der Waals surface area contributed by atoms with Gasteiger partial charge in [0, 0.05) is 17.8 Å². The van der Waals surface area contributed by atoms with Crippen molar-refractivity contribution in [1.29, 1.82) is 0 Å². The average Bonchev–Trinajstić information content (AvgIpc) is 3.29. The maximum absolute atomic E-state index is 14.8. The zero-order valence-corrected chi connectivity index (χ0v) is 25.5. The van der Waals surface area contributed by atoms with Gasteiger partial charge in [-0.15, -0.1) is 0 Å². The van der Waals surface area contributed by atoms with Crippen molar-refractivity contribution in [2.75, 3.05) is 18.5 Å². The summed E-state index contributed by atoms with van der Waals surface area (Å²) in [7, 11) is 0. The highest BCUT2D eigenvalue weighted by Crippen LogP contribution is 2.54. The molecule has 3 N–H and O–H groups in total. The van der Waals surface area contributed by atoms with Crippen LogP contribution in [0.25, 0.3) is 11.3 Å². The highest BCUT2D eigenvalue weighted by Gasteiger charge is 2.60. The molecule has 0 bridgehead atoms. The number of anilines is 1. The van der Waals surface area contributed by atoms with E-state index in [1.807, 2.05) is 50.2 Å². The Morgan fingerprint density at radius 1 is 0.956 bits per heavy atom. The predicted octanol–water partition coefficient (Wildman–Crippen LogP) is 5.44. The summed E-state index contributed by atoms with van der Waals surface area (Å²) in [6, 6.07) is 23.7. The monoisotopic (exact) mass is 614 g/mol. The van der Waals surface area contributed by atoms with Gasteiger partial charge in [-0.25, -0.2) is 4.39 Å². The van der Waals surface area contributed by atoms with Gasteiger partial charge in [-0.2, -0.15) is 0 Å². The highest BCUT2D eigenvalue weighted by atomic mass is 19.1. The number of nitrogens with one attached hydrogen (secondary N) is 1. The van der Waals surface area contributed by atoms with Crippen LogP contribution in [0.4, 0.5) is 10.1 Å². The molecule has 3 aromatic carbocycles. The first-order valence-corrected chi connectivity index (χ1v) is 15.0. The van der Waals surface area contributed by atoms with Gasteiger partial charge in [0.25, 0.3) is 0 Å². The molecule has 4 rings (SSSR count). The van der Waals surface area contributed by atoms with Crippen molar-refractivity contribution in [3.05, 3.63) is 115 Å². The molecule has 236 valence electrons. The minimum atomic E-state index is -1.68. The van der Waals surface area contributed by atoms with Gasteiger partial charge in [-0.05, 0) is 66.3 Å². The lowest BCUT2D eigenvalue weighted by Gasteiger charge is -2.34. The number of rotatable bonds is 14. The Morgan fingerprint density at radius 2 is 1.58 bits per heavy atom. The van der Waals surface area contributed by atoms with Gasteiger partial charge < -0.3 is 25.2 Å². The van der Waals surface area contributed by atoms with E-state index in [1.165, 1.54) is 23.1 Å². The fraction of sp³-hybridized carbons (Fsp3) is 0.306. The molecule has 3 aromatic rings. The van der Waals surface area contributed by atoms with Gasteiger partial charge in [-0.1, -0.05) is 75.0 Å². The maximum atomic E-state index is 14.8. The molecule has 8 nitrogen and oxygen atoms in total. The fourth-order valence-electron chi connectivity index (χ4n) is 5.79. The lowest BCUT2D eigenvalue weighted by atomic mass is 9.68. The van der Waals surface area contributed by atoms with Crippen molar-refractivity contribution >= 4 is 34.7 Å². The summed E-state index contributed by atoms with van der Waals surface area (Å²) in [5, 5.41) is 24.2. The molecule has 0 fully saturated rings. The van der Waals surface area contributed by atoms with Crippen LogP contribution in [-0.2, 0) is 19.1 Å². The Balaban J connectivity index is 1.77. The van der Waals surface area contributed by atoms with Crippen LogP contribution in [0.1, 0.15) is 44.2 Å². The summed E-state index contributed by atoms with van der Waals surface area (Å²) >= 11 is 0. The number of halogens is 1. The third-order valence-electron chi connectivity index (χ3n) is 7.91. The van der Waals surface area contributed by atoms with Crippen molar-refractivity contribution in [3.63, 3.8) is 0 Å². The molecule has 45 heavy (non-hydrogen) atoms. The van der Waals surface area contributed by atoms with Crippen LogP contribution in [0.5, 0.6) is 0 Å². The first-order valence-electron chi connectivity index (χ1n) is 15.0. The third kappa shape index (κ3) is 7.38. The van der Waals surface area contributed by atoms with Crippen LogP contribution >= 0.6 is 0 Å². The third-order valence-corrected chi connectivity index (χ3v) is 7.91. The normalized spacial score (nSPS) is 17.7. The van der Waals surface area contributed by atoms with Crippen LogP contribution in [0.15, 0.2) is 97.6 Å². The van der Waals surface area contributed by atoms with E-state index in [0.29, 0.717) is 28.1 Å². The summed E-state index contributed by atoms with van der Waals surface area (Å²) in [5.41, 5.74) is 0.934. The molecule has 1 aliphatic heterocycles. The maximum Gasteiger partial charge on any atom is 0.308 e. The van der Waals surface area contributed by atoms with E-state index in [-0.39, 0.29) is 32.4 Å². The van der Waals surface area contributed by atoms with E-state index in [4.69, 9.17) is 4.74 Å². The Morgan fingerprint density at radius 3 is 2.18 bits per heavy atom. The highest BCUT2D eigenvalue weighted by molar-refractivity contribution is 6.28. The smallest absolute Gasteiger partial charge is 0.308 e. The van der Waals surface area contributed by atoms with Crippen molar-refractivity contribution in [1.82, 2.24) is 4.90 Å². The molecule has 0 aliphatic carbocycles. The van der Waals surface area contributed by atoms with E-state index in [9.17, 15) is 29.0 Å². The van der Waals surface area contributed by atoms with Crippen LogP contribution in [0.2, 0.25) is 0 Å². The molecule has 1 aliphatic rings. The molecule has 0 radical (unpaired) electrons. The second-order valence-electron chi connectivity index (χ2n) is 11.3. The number of benzene rings is 3. The van der Waals surface area contributed by atoms with Crippen molar-refractivity contribution in [2.24, 2.45) is 11.3 Å². The number of aliphatic hydroxyl groups is 2. The van der Waals surface area contributed by atoms with E-state index in [0.717, 1.165) is 0 Å². The predicted molar refractivity (Wildman–Crippen MR) is 171 cm³/mol. The van der Waals surface area contributed by atoms with E-state index in [1.54, 1.807) is 36.4 Å². The lowest BCUT2D eigenvalue weighted by molar-refractivity contribution is -0.145. The van der Waals surface area contributed by atoms with Gasteiger partial charge in [0.05, 0.1) is 24.3 Å². The molecular formula is C36H39FN2O6. The Kier molecular flexibility index (Phi) is 11.0. The van der Waals surface area contributed by atoms with Crippen LogP contribution in [-0.4, -0.2) is 58.3 Å². The quantitative estimate of drug-likeness (QED) is 0.127. The SMILES string of the molecule is C=CCOC(=O)C[C@H](O)C[C@H](O)CCN1C(=O)C(C(=O)Nc2ccccc2)(C(C)C)C(c2ccccc2)=C1c1ccc(F)cc1. The zero-order valence-electron chi connectivity index (χ0n) is 25.5. The number of nitrogens with zero attached hydrogens (tertiary/aromatic N) is 1. The summed E-state index contributed by atoms with van der Waals surface area (Å²) in [5.74, 6) is -2.58. The first kappa shape index (κ1) is 33.3. The second-order valence-corrected chi connectivity index (χ2v) is 11.3. The molecule has 9 heteroatoms. The van der Waals surface area contributed by atoms with Gasteiger partial charge in [0.2, 0.25) is 11.8 Å². The topological polar surface area (TPSA) is 116 Å². The van der Waals surface area contributed by atoms with Crippen LogP contribution in [0, 0.1) is 17.2 Å². The van der Waals surface area contributed by atoms with Crippen molar-refractivity contribution in [2.45, 2.75) is 45.3 Å². The molecule has 0 aromatic heterocycles. The number of carbonyl (C=O) groups excluding carboxylic acids is 3. The molecule has 0 saturated heterocycles. The molecule has 3 atom stereocenters. The Bertz CT molecular complexity index is 1520. The summed E-state index contributed by atoms with van der Waals surface area (Å²) in [6.07, 6.45) is -1.23.